The van der Waals surface area contributed by atoms with Crippen LogP contribution in [0.5, 0.6) is 0 Å². The summed E-state index contributed by atoms with van der Waals surface area (Å²) in [5.74, 6) is -4.91. The molecule has 6 N–H and O–H groups in total. The van der Waals surface area contributed by atoms with E-state index in [9.17, 15) is 19.2 Å². The fourth-order valence-corrected chi connectivity index (χ4v) is 1.48. The number of carboxylic acids is 4. The van der Waals surface area contributed by atoms with E-state index in [1.54, 1.807) is 0 Å². The molecule has 0 aliphatic rings. The first-order valence-corrected chi connectivity index (χ1v) is 7.49. The van der Waals surface area contributed by atoms with Crippen LogP contribution in [0.2, 0.25) is 0 Å². The van der Waals surface area contributed by atoms with Crippen LogP contribution in [0.4, 0.5) is 0 Å². The third kappa shape index (κ3) is 15.3. The zero-order valence-electron chi connectivity index (χ0n) is 11.7. The third-order valence-electron chi connectivity index (χ3n) is 2.17. The molecule has 0 aliphatic heterocycles. The predicted octanol–water partition coefficient (Wildman–Crippen LogP) is -2.66. The first-order chi connectivity index (χ1) is 10.2. The summed E-state index contributed by atoms with van der Waals surface area (Å²) < 4.78 is 4.63. The molecule has 0 aliphatic carbocycles. The van der Waals surface area contributed by atoms with Gasteiger partial charge in [0.1, 0.15) is 0 Å². The summed E-state index contributed by atoms with van der Waals surface area (Å²) in [4.78, 5) is 44.4. The Hall–Kier alpha value is -1.14. The van der Waals surface area contributed by atoms with Crippen molar-refractivity contribution in [2.75, 3.05) is 39.3 Å². The molecule has 11 nitrogen and oxygen atoms in total. The van der Waals surface area contributed by atoms with Gasteiger partial charge in [-0.3, -0.25) is 29.0 Å². The first kappa shape index (κ1) is 23.1. The fourth-order valence-electron chi connectivity index (χ4n) is 1.48. The molecule has 0 rings (SSSR count). The van der Waals surface area contributed by atoms with Crippen molar-refractivity contribution < 1.29 is 70.9 Å². The molecule has 0 aromatic rings. The average Bonchev–Trinajstić information content (AvgIpc) is 2.35. The summed E-state index contributed by atoms with van der Waals surface area (Å²) in [6, 6.07) is 0. The number of nitrogens with two attached hydrogens (primary N) is 1. The van der Waals surface area contributed by atoms with Gasteiger partial charge in [-0.1, -0.05) is 0 Å². The molecule has 12 heteroatoms. The van der Waals surface area contributed by atoms with E-state index in [0.29, 0.717) is 0 Å². The summed E-state index contributed by atoms with van der Waals surface area (Å²) in [5, 5.41) is 34.5. The van der Waals surface area contributed by atoms with Gasteiger partial charge in [0.15, 0.2) is 0 Å². The van der Waals surface area contributed by atoms with Gasteiger partial charge in [-0.25, -0.2) is 0 Å². The second kappa shape index (κ2) is 13.5. The van der Waals surface area contributed by atoms with Crippen LogP contribution >= 0.6 is 0 Å². The van der Waals surface area contributed by atoms with E-state index in [1.807, 2.05) is 0 Å². The SMILES string of the molecule is O=C(O)CN(CCN(CC(=O)O)CC(=O)O)CC(=O)O.[NH2][Y]. The number of hydrogen-bond acceptors (Lipinski definition) is 7. The molecule has 124 valence electrons. The van der Waals surface area contributed by atoms with Crippen molar-refractivity contribution in [1.29, 1.82) is 0 Å². The summed E-state index contributed by atoms with van der Waals surface area (Å²) in [7, 11) is 0. The Bertz CT molecular complexity index is 324. The molecular formula is C10H18N3O8Y. The fraction of sp³-hybridized carbons (Fsp3) is 0.600. The van der Waals surface area contributed by atoms with Gasteiger partial charge < -0.3 is 20.4 Å². The normalized spacial score (nSPS) is 9.91. The molecule has 0 radical (unpaired) electrons. The number of carboxylic acid groups (broad SMARTS) is 4. The molecule has 0 unspecified atom stereocenters. The van der Waals surface area contributed by atoms with E-state index in [0.717, 1.165) is 41.1 Å². The van der Waals surface area contributed by atoms with Crippen LogP contribution in [0.3, 0.4) is 0 Å². The Morgan fingerprint density at radius 3 is 0.955 bits per heavy atom. The summed E-state index contributed by atoms with van der Waals surface area (Å²) >= 11 is 0.850. The molecule has 22 heavy (non-hydrogen) atoms. The first-order valence-electron chi connectivity index (χ1n) is 5.86. The molecule has 0 heterocycles. The van der Waals surface area contributed by atoms with Crippen LogP contribution in [0.25, 0.3) is 0 Å². The molecule has 0 aromatic carbocycles. The quantitative estimate of drug-likeness (QED) is 0.245. The topological polar surface area (TPSA) is 182 Å². The molecule has 0 saturated heterocycles. The third-order valence-corrected chi connectivity index (χ3v) is 2.17. The maximum absolute atomic E-state index is 10.6. The number of carbonyl (C=O) groups is 4. The van der Waals surface area contributed by atoms with Gasteiger partial charge in [0.2, 0.25) is 0 Å². The van der Waals surface area contributed by atoms with Crippen molar-refractivity contribution >= 4 is 23.9 Å². The zero-order chi connectivity index (χ0) is 17.7. The molecule has 0 fully saturated rings. The standard InChI is InChI=1S/C10H16N2O8.H2N.Y/c13-7(14)3-11(4-8(15)16)1-2-12(5-9(17)18)6-10(19)20;;/h1-6H2,(H,13,14)(H,15,16)(H,17,18)(H,19,20);1H2;/q;-1;+1. The van der Waals surface area contributed by atoms with Gasteiger partial charge in [-0.05, 0) is 0 Å². The summed E-state index contributed by atoms with van der Waals surface area (Å²) in [6.45, 7) is -2.25. The van der Waals surface area contributed by atoms with Crippen LogP contribution < -0.4 is 2.87 Å². The molecule has 0 spiro atoms. The van der Waals surface area contributed by atoms with Gasteiger partial charge in [0.25, 0.3) is 0 Å². The van der Waals surface area contributed by atoms with E-state index in [-0.39, 0.29) is 13.1 Å². The van der Waals surface area contributed by atoms with E-state index >= 15 is 0 Å². The average molecular weight is 397 g/mol. The summed E-state index contributed by atoms with van der Waals surface area (Å²) in [5.41, 5.74) is 0. The minimum absolute atomic E-state index is 0.0703. The minimum atomic E-state index is -1.23. The Balaban J connectivity index is 0. The number of aliphatic carboxylic acids is 4. The van der Waals surface area contributed by atoms with Crippen molar-refractivity contribution in [3.63, 3.8) is 0 Å². The van der Waals surface area contributed by atoms with Crippen molar-refractivity contribution in [3.05, 3.63) is 0 Å². The van der Waals surface area contributed by atoms with Crippen LogP contribution in [0.15, 0.2) is 0 Å². The van der Waals surface area contributed by atoms with Crippen LogP contribution in [-0.2, 0) is 50.5 Å². The van der Waals surface area contributed by atoms with E-state index in [1.165, 1.54) is 0 Å². The van der Waals surface area contributed by atoms with Gasteiger partial charge in [0.05, 0.1) is 26.2 Å². The Labute approximate surface area is 146 Å². The van der Waals surface area contributed by atoms with E-state index in [4.69, 9.17) is 20.4 Å². The van der Waals surface area contributed by atoms with Crippen LogP contribution in [0.1, 0.15) is 0 Å². The van der Waals surface area contributed by atoms with Crippen LogP contribution in [-0.4, -0.2) is 93.4 Å². The maximum atomic E-state index is 10.6. The van der Waals surface area contributed by atoms with Gasteiger partial charge in [-0.2, -0.15) is 0 Å². The van der Waals surface area contributed by atoms with Crippen molar-refractivity contribution in [3.8, 4) is 0 Å². The Morgan fingerprint density at radius 2 is 0.818 bits per heavy atom. The van der Waals surface area contributed by atoms with Crippen molar-refractivity contribution in [2.45, 2.75) is 0 Å². The zero-order valence-corrected chi connectivity index (χ0v) is 14.6. The van der Waals surface area contributed by atoms with E-state index < -0.39 is 50.1 Å². The predicted molar refractivity (Wildman–Crippen MR) is 67.6 cm³/mol. The Morgan fingerprint density at radius 1 is 0.636 bits per heavy atom. The monoisotopic (exact) mass is 397 g/mol. The molecule has 0 saturated carbocycles. The summed E-state index contributed by atoms with van der Waals surface area (Å²) in [6.07, 6.45) is 0. The molecular weight excluding hydrogens is 379 g/mol. The van der Waals surface area contributed by atoms with Crippen LogP contribution in [0, 0.1) is 0 Å². The second-order valence-corrected chi connectivity index (χ2v) is 4.00. The number of hydrogen-bond donors (Lipinski definition) is 5. The van der Waals surface area contributed by atoms with Gasteiger partial charge >= 0.3 is 58.0 Å². The molecule has 0 bridgehead atoms. The molecule has 0 atom stereocenters. The molecule has 0 aromatic heterocycles. The number of nitrogens with zero attached hydrogens (tertiary/aromatic N) is 2. The second-order valence-electron chi connectivity index (χ2n) is 4.00. The number of rotatable bonds is 11. The Kier molecular flexibility index (Phi) is 14.2. The van der Waals surface area contributed by atoms with Crippen molar-refractivity contribution in [1.82, 2.24) is 9.80 Å². The molecule has 0 amide bonds. The van der Waals surface area contributed by atoms with Crippen molar-refractivity contribution in [2.24, 2.45) is 2.87 Å². The van der Waals surface area contributed by atoms with Gasteiger partial charge in [-0.15, -0.1) is 0 Å². The van der Waals surface area contributed by atoms with Gasteiger partial charge in [0, 0.05) is 13.1 Å². The van der Waals surface area contributed by atoms with E-state index in [2.05, 4.69) is 2.87 Å².